The highest BCUT2D eigenvalue weighted by Gasteiger charge is 2.82. The van der Waals surface area contributed by atoms with E-state index in [1.165, 1.54) is 6.07 Å². The van der Waals surface area contributed by atoms with Crippen LogP contribution in [0.4, 0.5) is 39.5 Å². The lowest BCUT2D eigenvalue weighted by atomic mass is 9.87. The fraction of sp³-hybridized carbons (Fsp3) is 0.500. The number of halogens is 11. The first-order valence-corrected chi connectivity index (χ1v) is 10.2. The fourth-order valence-corrected chi connectivity index (χ4v) is 4.01. The molecule has 0 saturated heterocycles. The summed E-state index contributed by atoms with van der Waals surface area (Å²) in [6, 6.07) is 4.41. The Bertz CT molecular complexity index is 586. The second-order valence-corrected chi connectivity index (χ2v) is 9.43. The van der Waals surface area contributed by atoms with Crippen LogP contribution in [0.5, 0.6) is 0 Å². The number of alkyl halides is 9. The van der Waals surface area contributed by atoms with Crippen LogP contribution in [0.2, 0.25) is 0 Å². The van der Waals surface area contributed by atoms with Gasteiger partial charge in [-0.25, -0.2) is 0 Å². The molecule has 0 saturated carbocycles. The van der Waals surface area contributed by atoms with Crippen LogP contribution in [0.3, 0.4) is 0 Å². The zero-order valence-electron chi connectivity index (χ0n) is 11.6. The molecule has 0 fully saturated rings. The van der Waals surface area contributed by atoms with Gasteiger partial charge in [0.15, 0.2) is 0 Å². The van der Waals surface area contributed by atoms with Gasteiger partial charge in [-0.15, -0.1) is 22.2 Å². The monoisotopic (exact) mass is 422 g/mol. The molecule has 24 heavy (non-hydrogen) atoms. The summed E-state index contributed by atoms with van der Waals surface area (Å²) >= 11 is 11.2. The van der Waals surface area contributed by atoms with Crippen molar-refractivity contribution in [1.82, 2.24) is 0 Å². The summed E-state index contributed by atoms with van der Waals surface area (Å²) in [7, 11) is -2.87. The average molecular weight is 423 g/mol. The van der Waals surface area contributed by atoms with E-state index >= 15 is 0 Å². The Hall–Kier alpha value is -0.613. The SMILES string of the molecule is CC(c1ccccc1[SiH](Cl)Cl)C(F)(F)C(F)(F)C(F)(F)C(F)(F)F. The maximum Gasteiger partial charge on any atom is 0.460 e. The molecule has 1 atom stereocenters. The van der Waals surface area contributed by atoms with E-state index < -0.39 is 42.8 Å². The smallest absolute Gasteiger partial charge is 0.199 e. The van der Waals surface area contributed by atoms with Crippen LogP contribution in [0.25, 0.3) is 0 Å². The van der Waals surface area contributed by atoms with Crippen molar-refractivity contribution in [2.75, 3.05) is 0 Å². The van der Waals surface area contributed by atoms with Crippen LogP contribution in [-0.2, 0) is 0 Å². The van der Waals surface area contributed by atoms with Crippen molar-refractivity contribution in [3.63, 3.8) is 0 Å². The van der Waals surface area contributed by atoms with Crippen molar-refractivity contribution in [3.8, 4) is 0 Å². The summed E-state index contributed by atoms with van der Waals surface area (Å²) in [5, 5.41) is -0.167. The molecule has 0 bridgehead atoms. The molecule has 1 rings (SSSR count). The predicted octanol–water partition coefficient (Wildman–Crippen LogP) is 5.16. The third kappa shape index (κ3) is 3.37. The van der Waals surface area contributed by atoms with Crippen LogP contribution in [0.1, 0.15) is 18.4 Å². The number of benzene rings is 1. The van der Waals surface area contributed by atoms with Gasteiger partial charge in [0.2, 0.25) is 0 Å². The highest BCUT2D eigenvalue weighted by molar-refractivity contribution is 7.39. The van der Waals surface area contributed by atoms with E-state index in [0.29, 0.717) is 6.92 Å². The van der Waals surface area contributed by atoms with Gasteiger partial charge in [-0.05, 0) is 10.8 Å². The van der Waals surface area contributed by atoms with Gasteiger partial charge in [0.1, 0.15) is 0 Å². The van der Waals surface area contributed by atoms with Gasteiger partial charge in [0.05, 0.1) is 5.92 Å². The van der Waals surface area contributed by atoms with E-state index in [1.54, 1.807) is 0 Å². The van der Waals surface area contributed by atoms with E-state index in [1.807, 2.05) is 0 Å². The quantitative estimate of drug-likeness (QED) is 0.349. The third-order valence-electron chi connectivity index (χ3n) is 3.41. The summed E-state index contributed by atoms with van der Waals surface area (Å²) in [6.07, 6.45) is -6.85. The van der Waals surface area contributed by atoms with Gasteiger partial charge >= 0.3 is 23.9 Å². The first kappa shape index (κ1) is 21.4. The fourth-order valence-electron chi connectivity index (χ4n) is 1.96. The van der Waals surface area contributed by atoms with Crippen molar-refractivity contribution in [2.24, 2.45) is 0 Å². The molecule has 0 aliphatic carbocycles. The van der Waals surface area contributed by atoms with E-state index in [-0.39, 0.29) is 5.19 Å². The lowest BCUT2D eigenvalue weighted by molar-refractivity contribution is -0.398. The molecule has 1 unspecified atom stereocenters. The number of hydrogen-bond acceptors (Lipinski definition) is 0. The Kier molecular flexibility index (Phi) is 5.89. The van der Waals surface area contributed by atoms with E-state index in [2.05, 4.69) is 0 Å². The third-order valence-corrected chi connectivity index (χ3v) is 5.82. The largest absolute Gasteiger partial charge is 0.460 e. The lowest BCUT2D eigenvalue weighted by Crippen LogP contribution is -2.62. The number of hydrogen-bond donors (Lipinski definition) is 0. The van der Waals surface area contributed by atoms with Crippen molar-refractivity contribution in [1.29, 1.82) is 0 Å². The van der Waals surface area contributed by atoms with Crippen LogP contribution in [-0.4, -0.2) is 31.4 Å². The second-order valence-electron chi connectivity index (χ2n) is 4.92. The van der Waals surface area contributed by atoms with Crippen LogP contribution in [0, 0.1) is 0 Å². The molecule has 0 N–H and O–H groups in total. The minimum absolute atomic E-state index is 0.167. The molecule has 0 aromatic heterocycles. The van der Waals surface area contributed by atoms with Crippen molar-refractivity contribution in [2.45, 2.75) is 36.8 Å². The van der Waals surface area contributed by atoms with Crippen molar-refractivity contribution in [3.05, 3.63) is 29.8 Å². The summed E-state index contributed by atoms with van der Waals surface area (Å²) in [4.78, 5) is 0. The molecule has 0 radical (unpaired) electrons. The topological polar surface area (TPSA) is 0 Å². The zero-order valence-corrected chi connectivity index (χ0v) is 14.3. The van der Waals surface area contributed by atoms with Crippen LogP contribution < -0.4 is 5.19 Å². The Balaban J connectivity index is 3.44. The molecule has 0 heterocycles. The first-order chi connectivity index (χ1) is 10.6. The maximum atomic E-state index is 13.9. The summed E-state index contributed by atoms with van der Waals surface area (Å²) in [5.41, 5.74) is -0.609. The van der Waals surface area contributed by atoms with E-state index in [4.69, 9.17) is 22.2 Å². The molecule has 1 aromatic carbocycles. The molecule has 0 aliphatic heterocycles. The van der Waals surface area contributed by atoms with Gasteiger partial charge in [0, 0.05) is 0 Å². The van der Waals surface area contributed by atoms with Crippen LogP contribution in [0.15, 0.2) is 24.3 Å². The Morgan fingerprint density at radius 2 is 1.29 bits per heavy atom. The normalized spacial score (nSPS) is 15.7. The minimum atomic E-state index is -6.93. The van der Waals surface area contributed by atoms with E-state index in [0.717, 1.165) is 18.2 Å². The molecule has 138 valence electrons. The second kappa shape index (κ2) is 6.60. The summed E-state index contributed by atoms with van der Waals surface area (Å²) in [5.74, 6) is -22.0. The van der Waals surface area contributed by atoms with Crippen molar-refractivity contribution >= 4 is 34.8 Å². The minimum Gasteiger partial charge on any atom is -0.199 e. The van der Waals surface area contributed by atoms with E-state index in [9.17, 15) is 39.5 Å². The summed E-state index contributed by atoms with van der Waals surface area (Å²) < 4.78 is 117. The zero-order chi connectivity index (χ0) is 19.1. The first-order valence-electron chi connectivity index (χ1n) is 6.16. The molecular formula is C12H9Cl2F9Si. The molecule has 0 amide bonds. The van der Waals surface area contributed by atoms with Gasteiger partial charge in [-0.2, -0.15) is 39.5 Å². The van der Waals surface area contributed by atoms with Gasteiger partial charge in [-0.1, -0.05) is 31.2 Å². The van der Waals surface area contributed by atoms with Crippen LogP contribution >= 0.6 is 22.2 Å². The highest BCUT2D eigenvalue weighted by atomic mass is 35.7. The highest BCUT2D eigenvalue weighted by Crippen LogP contribution is 2.56. The van der Waals surface area contributed by atoms with Gasteiger partial charge in [0.25, 0.3) is 7.42 Å². The van der Waals surface area contributed by atoms with Gasteiger partial charge in [-0.3, -0.25) is 0 Å². The average Bonchev–Trinajstić information content (AvgIpc) is 2.44. The predicted molar refractivity (Wildman–Crippen MR) is 74.2 cm³/mol. The Morgan fingerprint density at radius 3 is 1.71 bits per heavy atom. The number of rotatable bonds is 5. The Morgan fingerprint density at radius 1 is 0.833 bits per heavy atom. The standard InChI is InChI=1S/C12H9Cl2F9Si/c1-6(7-4-2-3-5-8(7)24(13)14)9(15,16)10(17,18)11(19,20)12(21,22)23/h2-6,24H,1H3. The lowest BCUT2D eigenvalue weighted by Gasteiger charge is -2.37. The molecule has 0 aliphatic rings. The van der Waals surface area contributed by atoms with Gasteiger partial charge < -0.3 is 0 Å². The Labute approximate surface area is 141 Å². The molecular weight excluding hydrogens is 414 g/mol. The van der Waals surface area contributed by atoms with Crippen molar-refractivity contribution < 1.29 is 39.5 Å². The maximum absolute atomic E-state index is 13.9. The molecule has 1 aromatic rings. The molecule has 0 nitrogen and oxygen atoms in total. The molecule has 12 heteroatoms. The summed E-state index contributed by atoms with van der Waals surface area (Å²) in [6.45, 7) is 0.407. The molecule has 0 spiro atoms.